The Labute approximate surface area is 181 Å². The van der Waals surface area contributed by atoms with Gasteiger partial charge in [-0.25, -0.2) is 5.48 Å². The number of hydrogen-bond donors (Lipinski definition) is 4. The van der Waals surface area contributed by atoms with E-state index in [9.17, 15) is 9.59 Å². The van der Waals surface area contributed by atoms with Crippen molar-refractivity contribution in [1.82, 2.24) is 15.7 Å². The van der Waals surface area contributed by atoms with E-state index in [0.717, 1.165) is 50.4 Å². The quantitative estimate of drug-likeness (QED) is 0.397. The molecule has 8 heteroatoms. The summed E-state index contributed by atoms with van der Waals surface area (Å²) >= 11 is 0. The Hall–Kier alpha value is -3.20. The van der Waals surface area contributed by atoms with Crippen molar-refractivity contribution in [2.24, 2.45) is 5.73 Å². The molecule has 0 radical (unpaired) electrons. The monoisotopic (exact) mass is 424 g/mol. The van der Waals surface area contributed by atoms with Crippen LogP contribution in [0.4, 0.5) is 0 Å². The number of ether oxygens (including phenoxy) is 1. The summed E-state index contributed by atoms with van der Waals surface area (Å²) in [7, 11) is 0. The van der Waals surface area contributed by atoms with Crippen LogP contribution in [0.2, 0.25) is 0 Å². The number of nitrogens with zero attached hydrogens (tertiary/aromatic N) is 1. The van der Waals surface area contributed by atoms with E-state index in [1.165, 1.54) is 11.0 Å². The van der Waals surface area contributed by atoms with Gasteiger partial charge in [-0.2, -0.15) is 0 Å². The minimum atomic E-state index is -1.22. The highest BCUT2D eigenvalue weighted by Gasteiger charge is 2.22. The van der Waals surface area contributed by atoms with Crippen LogP contribution in [0.1, 0.15) is 22.3 Å². The van der Waals surface area contributed by atoms with E-state index in [1.807, 2.05) is 12.1 Å². The molecule has 0 unspecified atom stereocenters. The fourth-order valence-electron chi connectivity index (χ4n) is 3.44. The van der Waals surface area contributed by atoms with Crippen LogP contribution in [-0.2, 0) is 16.1 Å². The van der Waals surface area contributed by atoms with Crippen LogP contribution >= 0.6 is 0 Å². The van der Waals surface area contributed by atoms with Crippen LogP contribution in [0.15, 0.2) is 60.8 Å². The Morgan fingerprint density at radius 3 is 2.32 bits per heavy atom. The summed E-state index contributed by atoms with van der Waals surface area (Å²) in [5, 5.41) is 11.2. The van der Waals surface area contributed by atoms with Crippen LogP contribution in [-0.4, -0.2) is 54.3 Å². The molecule has 31 heavy (non-hydrogen) atoms. The maximum absolute atomic E-state index is 12.4. The molecular weight excluding hydrogens is 396 g/mol. The van der Waals surface area contributed by atoms with Gasteiger partial charge >= 0.3 is 0 Å². The summed E-state index contributed by atoms with van der Waals surface area (Å²) in [5.41, 5.74) is 10.5. The number of amides is 2. The summed E-state index contributed by atoms with van der Waals surface area (Å²) in [6.45, 7) is 7.96. The van der Waals surface area contributed by atoms with Crippen molar-refractivity contribution in [3.8, 4) is 11.1 Å². The summed E-state index contributed by atoms with van der Waals surface area (Å²) in [6.07, 6.45) is 1.06. The number of carbonyl (C=O) groups is 2. The molecule has 1 saturated heterocycles. The lowest BCUT2D eigenvalue weighted by molar-refractivity contribution is -0.130. The normalized spacial score (nSPS) is 15.5. The van der Waals surface area contributed by atoms with E-state index in [0.29, 0.717) is 5.56 Å². The number of hydrogen-bond acceptors (Lipinski definition) is 6. The summed E-state index contributed by atoms with van der Waals surface area (Å²) < 4.78 is 5.50. The topological polar surface area (TPSA) is 117 Å². The van der Waals surface area contributed by atoms with E-state index >= 15 is 0 Å². The van der Waals surface area contributed by atoms with Gasteiger partial charge in [0.1, 0.15) is 6.04 Å². The van der Waals surface area contributed by atoms with E-state index in [4.69, 9.17) is 15.7 Å². The fourth-order valence-corrected chi connectivity index (χ4v) is 3.44. The highest BCUT2D eigenvalue weighted by Crippen LogP contribution is 2.21. The second-order valence-corrected chi connectivity index (χ2v) is 7.47. The van der Waals surface area contributed by atoms with Crippen molar-refractivity contribution in [2.75, 3.05) is 26.3 Å². The number of nitrogens with one attached hydrogen (secondary N) is 2. The molecule has 2 aromatic carbocycles. The third-order valence-electron chi connectivity index (χ3n) is 5.17. The first-order valence-electron chi connectivity index (χ1n) is 10.2. The van der Waals surface area contributed by atoms with Gasteiger partial charge in [-0.15, -0.1) is 0 Å². The molecule has 3 rings (SSSR count). The minimum absolute atomic E-state index is 0.0793. The van der Waals surface area contributed by atoms with Crippen molar-refractivity contribution >= 4 is 11.8 Å². The molecule has 1 heterocycles. The highest BCUT2D eigenvalue weighted by atomic mass is 16.5. The van der Waals surface area contributed by atoms with E-state index in [1.54, 1.807) is 12.1 Å². The smallest absolute Gasteiger partial charge is 0.272 e. The molecule has 0 saturated carbocycles. The molecule has 5 N–H and O–H groups in total. The Morgan fingerprint density at radius 2 is 1.71 bits per heavy atom. The first kappa shape index (κ1) is 22.5. The molecule has 2 amide bonds. The standard InChI is InChI=1S/C23H28N4O4/c1-16(24)21(23(29)26-30)25-22(28)20-9-7-19(8-10-20)18-5-3-17(4-6-18)15-27-11-2-13-31-14-12-27/h3-10,21,30H,1-2,11-15,24H2,(H,25,28)(H,26,29)/t21-/m0/s1. The van der Waals surface area contributed by atoms with Gasteiger partial charge in [-0.1, -0.05) is 43.0 Å². The van der Waals surface area contributed by atoms with Gasteiger partial charge in [0.25, 0.3) is 11.8 Å². The second kappa shape index (κ2) is 10.7. The van der Waals surface area contributed by atoms with Gasteiger partial charge in [-0.05, 0) is 35.2 Å². The van der Waals surface area contributed by atoms with Crippen LogP contribution in [0, 0.1) is 0 Å². The van der Waals surface area contributed by atoms with Gasteiger partial charge in [0, 0.05) is 37.5 Å². The van der Waals surface area contributed by atoms with Gasteiger partial charge in [0.05, 0.1) is 6.61 Å². The minimum Gasteiger partial charge on any atom is -0.400 e. The first-order chi connectivity index (χ1) is 15.0. The molecule has 2 aromatic rings. The molecule has 0 aromatic heterocycles. The maximum Gasteiger partial charge on any atom is 0.272 e. The van der Waals surface area contributed by atoms with E-state index in [-0.39, 0.29) is 5.70 Å². The molecule has 8 nitrogen and oxygen atoms in total. The molecule has 1 aliphatic heterocycles. The zero-order valence-electron chi connectivity index (χ0n) is 17.3. The van der Waals surface area contributed by atoms with Crippen LogP contribution < -0.4 is 16.5 Å². The molecule has 1 aliphatic rings. The lowest BCUT2D eigenvalue weighted by Gasteiger charge is -2.19. The van der Waals surface area contributed by atoms with Crippen molar-refractivity contribution in [3.63, 3.8) is 0 Å². The third kappa shape index (κ3) is 6.14. The summed E-state index contributed by atoms with van der Waals surface area (Å²) in [6, 6.07) is 14.2. The van der Waals surface area contributed by atoms with E-state index in [2.05, 4.69) is 41.1 Å². The van der Waals surface area contributed by atoms with Gasteiger partial charge in [0.15, 0.2) is 0 Å². The Balaban J connectivity index is 1.63. The fraction of sp³-hybridized carbons (Fsp3) is 0.304. The van der Waals surface area contributed by atoms with E-state index < -0.39 is 17.9 Å². The Kier molecular flexibility index (Phi) is 7.77. The molecule has 0 bridgehead atoms. The van der Waals surface area contributed by atoms with Crippen molar-refractivity contribution in [1.29, 1.82) is 0 Å². The molecule has 164 valence electrons. The lowest BCUT2D eigenvalue weighted by Crippen LogP contribution is -2.48. The number of rotatable bonds is 7. The van der Waals surface area contributed by atoms with Gasteiger partial charge in [0.2, 0.25) is 0 Å². The predicted molar refractivity (Wildman–Crippen MR) is 117 cm³/mol. The van der Waals surface area contributed by atoms with Gasteiger partial charge < -0.3 is 15.8 Å². The molecule has 1 fully saturated rings. The van der Waals surface area contributed by atoms with Gasteiger partial charge in [-0.3, -0.25) is 19.7 Å². The van der Waals surface area contributed by atoms with Crippen molar-refractivity contribution < 1.29 is 19.5 Å². The molecule has 1 atom stereocenters. The second-order valence-electron chi connectivity index (χ2n) is 7.47. The summed E-state index contributed by atoms with van der Waals surface area (Å²) in [5.74, 6) is -1.35. The Bertz CT molecular complexity index is 904. The van der Waals surface area contributed by atoms with Crippen molar-refractivity contribution in [2.45, 2.75) is 19.0 Å². The average Bonchev–Trinajstić information content (AvgIpc) is 3.06. The third-order valence-corrected chi connectivity index (χ3v) is 5.17. The highest BCUT2D eigenvalue weighted by molar-refractivity contribution is 5.98. The van der Waals surface area contributed by atoms with Crippen LogP contribution in [0.5, 0.6) is 0 Å². The molecule has 0 spiro atoms. The first-order valence-corrected chi connectivity index (χ1v) is 10.2. The number of nitrogens with two attached hydrogens (primary N) is 1. The van der Waals surface area contributed by atoms with Crippen molar-refractivity contribution in [3.05, 3.63) is 71.9 Å². The SMILES string of the molecule is C=C(N)[C@H](NC(=O)c1ccc(-c2ccc(CN3CCCOCC3)cc2)cc1)C(=O)NO. The predicted octanol–water partition coefficient (Wildman–Crippen LogP) is 1.65. The maximum atomic E-state index is 12.4. The molecule has 0 aliphatic carbocycles. The lowest BCUT2D eigenvalue weighted by atomic mass is 10.0. The number of carbonyl (C=O) groups excluding carboxylic acids is 2. The van der Waals surface area contributed by atoms with Crippen LogP contribution in [0.3, 0.4) is 0 Å². The largest absolute Gasteiger partial charge is 0.400 e. The zero-order valence-corrected chi connectivity index (χ0v) is 17.3. The molecular formula is C23H28N4O4. The Morgan fingerprint density at radius 1 is 1.06 bits per heavy atom. The average molecular weight is 425 g/mol. The summed E-state index contributed by atoms with van der Waals surface area (Å²) in [4.78, 5) is 26.4. The zero-order chi connectivity index (χ0) is 22.2. The number of hydroxylamine groups is 1. The van der Waals surface area contributed by atoms with Crippen LogP contribution in [0.25, 0.3) is 11.1 Å². The number of benzene rings is 2.